The van der Waals surface area contributed by atoms with Crippen LogP contribution in [0.3, 0.4) is 0 Å². The number of pyridine rings is 1. The molecule has 1 aromatic heterocycles. The van der Waals surface area contributed by atoms with E-state index in [1.54, 1.807) is 6.08 Å². The average molecular weight is 227 g/mol. The van der Waals surface area contributed by atoms with Gasteiger partial charge in [0.1, 0.15) is 0 Å². The standard InChI is InChI=1S/C14H17N3/c1-3-12(6-7-15)13(9-16)8-14-5-4-11(2)10-17-14/h3-6,10,13H,1,7-8,15H2,2H3/b12-6+. The number of allylic oxidation sites excluding steroid dienone is 2. The fourth-order valence-electron chi connectivity index (χ4n) is 1.57. The van der Waals surface area contributed by atoms with Crippen LogP contribution in [0.1, 0.15) is 11.3 Å². The van der Waals surface area contributed by atoms with Gasteiger partial charge in [-0.25, -0.2) is 0 Å². The van der Waals surface area contributed by atoms with Gasteiger partial charge in [0.25, 0.3) is 0 Å². The van der Waals surface area contributed by atoms with Crippen LogP contribution in [0.5, 0.6) is 0 Å². The van der Waals surface area contributed by atoms with Gasteiger partial charge in [0.15, 0.2) is 0 Å². The third-order valence-electron chi connectivity index (χ3n) is 2.53. The average Bonchev–Trinajstić information content (AvgIpc) is 2.36. The van der Waals surface area contributed by atoms with Crippen molar-refractivity contribution in [2.24, 2.45) is 11.7 Å². The molecule has 0 aliphatic heterocycles. The lowest BCUT2D eigenvalue weighted by atomic mass is 9.94. The van der Waals surface area contributed by atoms with E-state index in [4.69, 9.17) is 11.0 Å². The topological polar surface area (TPSA) is 62.7 Å². The molecule has 0 aliphatic rings. The molecule has 1 heterocycles. The summed E-state index contributed by atoms with van der Waals surface area (Å²) in [5, 5.41) is 9.16. The Bertz CT molecular complexity index is 438. The molecular formula is C14H17N3. The van der Waals surface area contributed by atoms with Crippen LogP contribution < -0.4 is 5.73 Å². The first-order valence-corrected chi connectivity index (χ1v) is 5.55. The fourth-order valence-corrected chi connectivity index (χ4v) is 1.57. The zero-order chi connectivity index (χ0) is 12.7. The Labute approximate surface area is 102 Å². The van der Waals surface area contributed by atoms with Crippen LogP contribution in [0.2, 0.25) is 0 Å². The maximum absolute atomic E-state index is 9.16. The van der Waals surface area contributed by atoms with Gasteiger partial charge in [0.05, 0.1) is 12.0 Å². The van der Waals surface area contributed by atoms with Gasteiger partial charge in [-0.2, -0.15) is 5.26 Å². The molecule has 1 unspecified atom stereocenters. The minimum absolute atomic E-state index is 0.230. The summed E-state index contributed by atoms with van der Waals surface area (Å²) in [5.41, 5.74) is 8.36. The lowest BCUT2D eigenvalue weighted by Crippen LogP contribution is -2.08. The highest BCUT2D eigenvalue weighted by molar-refractivity contribution is 5.27. The van der Waals surface area contributed by atoms with Gasteiger partial charge in [-0.3, -0.25) is 4.98 Å². The van der Waals surface area contributed by atoms with Crippen molar-refractivity contribution in [3.63, 3.8) is 0 Å². The summed E-state index contributed by atoms with van der Waals surface area (Å²) in [6.45, 7) is 6.11. The van der Waals surface area contributed by atoms with Gasteiger partial charge in [0.2, 0.25) is 0 Å². The van der Waals surface area contributed by atoms with E-state index in [1.165, 1.54) is 0 Å². The van der Waals surface area contributed by atoms with Gasteiger partial charge in [0, 0.05) is 24.9 Å². The first-order valence-electron chi connectivity index (χ1n) is 5.55. The molecule has 1 rings (SSSR count). The minimum atomic E-state index is -0.230. The van der Waals surface area contributed by atoms with Crippen LogP contribution >= 0.6 is 0 Å². The van der Waals surface area contributed by atoms with E-state index in [1.807, 2.05) is 31.3 Å². The van der Waals surface area contributed by atoms with E-state index >= 15 is 0 Å². The molecule has 2 N–H and O–H groups in total. The number of aryl methyl sites for hydroxylation is 1. The lowest BCUT2D eigenvalue weighted by molar-refractivity contribution is 0.761. The van der Waals surface area contributed by atoms with E-state index < -0.39 is 0 Å². The summed E-state index contributed by atoms with van der Waals surface area (Å²) >= 11 is 0. The third kappa shape index (κ3) is 3.86. The first-order chi connectivity index (χ1) is 8.21. The zero-order valence-corrected chi connectivity index (χ0v) is 10.1. The highest BCUT2D eigenvalue weighted by Crippen LogP contribution is 2.16. The molecule has 1 aromatic rings. The molecule has 0 fully saturated rings. The summed E-state index contributed by atoms with van der Waals surface area (Å²) < 4.78 is 0. The second-order valence-corrected chi connectivity index (χ2v) is 3.86. The third-order valence-corrected chi connectivity index (χ3v) is 2.53. The molecule has 0 saturated heterocycles. The molecule has 3 nitrogen and oxygen atoms in total. The summed E-state index contributed by atoms with van der Waals surface area (Å²) in [6, 6.07) is 6.21. The Morgan fingerprint density at radius 2 is 2.41 bits per heavy atom. The minimum Gasteiger partial charge on any atom is -0.327 e. The molecule has 0 aliphatic carbocycles. The molecule has 0 spiro atoms. The van der Waals surface area contributed by atoms with E-state index in [2.05, 4.69) is 17.6 Å². The molecule has 0 aromatic carbocycles. The van der Waals surface area contributed by atoms with Crippen molar-refractivity contribution in [1.82, 2.24) is 4.98 Å². The zero-order valence-electron chi connectivity index (χ0n) is 10.1. The summed E-state index contributed by atoms with van der Waals surface area (Å²) in [7, 11) is 0. The summed E-state index contributed by atoms with van der Waals surface area (Å²) in [6.07, 6.45) is 5.92. The largest absolute Gasteiger partial charge is 0.327 e. The van der Waals surface area contributed by atoms with Gasteiger partial charge in [-0.05, 0) is 24.1 Å². The number of hydrogen-bond donors (Lipinski definition) is 1. The summed E-state index contributed by atoms with van der Waals surface area (Å²) in [4.78, 5) is 4.30. The number of nitrogens with zero attached hydrogens (tertiary/aromatic N) is 2. The number of aromatic nitrogens is 1. The highest BCUT2D eigenvalue weighted by atomic mass is 14.7. The van der Waals surface area contributed by atoms with Crippen molar-refractivity contribution >= 4 is 0 Å². The number of rotatable bonds is 5. The number of nitriles is 1. The van der Waals surface area contributed by atoms with Gasteiger partial charge >= 0.3 is 0 Å². The van der Waals surface area contributed by atoms with Crippen molar-refractivity contribution in [2.75, 3.05) is 6.54 Å². The Morgan fingerprint density at radius 1 is 1.65 bits per heavy atom. The van der Waals surface area contributed by atoms with Crippen molar-refractivity contribution in [2.45, 2.75) is 13.3 Å². The SMILES string of the molecule is C=C/C(=C\CN)C(C#N)Cc1ccc(C)cn1. The predicted octanol–water partition coefficient (Wildman–Crippen LogP) is 2.14. The molecule has 88 valence electrons. The highest BCUT2D eigenvalue weighted by Gasteiger charge is 2.12. The molecule has 0 amide bonds. The van der Waals surface area contributed by atoms with Crippen LogP contribution in [-0.2, 0) is 6.42 Å². The molecule has 0 saturated carbocycles. The predicted molar refractivity (Wildman–Crippen MR) is 69.1 cm³/mol. The molecule has 1 atom stereocenters. The normalized spacial score (nSPS) is 12.9. The second kappa shape index (κ2) is 6.62. The maximum atomic E-state index is 9.16. The Morgan fingerprint density at radius 3 is 2.88 bits per heavy atom. The van der Waals surface area contributed by atoms with E-state index in [-0.39, 0.29) is 5.92 Å². The van der Waals surface area contributed by atoms with Gasteiger partial charge in [-0.1, -0.05) is 24.8 Å². The first kappa shape index (κ1) is 13.1. The van der Waals surface area contributed by atoms with Crippen molar-refractivity contribution in [1.29, 1.82) is 5.26 Å². The smallest absolute Gasteiger partial charge is 0.0765 e. The Balaban J connectivity index is 2.83. The van der Waals surface area contributed by atoms with Crippen molar-refractivity contribution in [3.8, 4) is 6.07 Å². The van der Waals surface area contributed by atoms with Crippen LogP contribution in [0.4, 0.5) is 0 Å². The molecule has 0 bridgehead atoms. The quantitative estimate of drug-likeness (QED) is 0.784. The van der Waals surface area contributed by atoms with Crippen molar-refractivity contribution < 1.29 is 0 Å². The van der Waals surface area contributed by atoms with Crippen molar-refractivity contribution in [3.05, 3.63) is 53.9 Å². The van der Waals surface area contributed by atoms with Crippen LogP contribution in [0, 0.1) is 24.2 Å². The Kier molecular flexibility index (Phi) is 5.12. The fraction of sp³-hybridized carbons (Fsp3) is 0.286. The molecule has 17 heavy (non-hydrogen) atoms. The second-order valence-electron chi connectivity index (χ2n) is 3.86. The van der Waals surface area contributed by atoms with Crippen LogP contribution in [0.15, 0.2) is 42.6 Å². The van der Waals surface area contributed by atoms with E-state index in [9.17, 15) is 0 Å². The monoisotopic (exact) mass is 227 g/mol. The van der Waals surface area contributed by atoms with E-state index in [0.29, 0.717) is 13.0 Å². The van der Waals surface area contributed by atoms with E-state index in [0.717, 1.165) is 16.8 Å². The Hall–Kier alpha value is -1.92. The lowest BCUT2D eigenvalue weighted by Gasteiger charge is -2.09. The summed E-state index contributed by atoms with van der Waals surface area (Å²) in [5.74, 6) is -0.230. The molecule has 3 heteroatoms. The van der Waals surface area contributed by atoms with Gasteiger partial charge in [-0.15, -0.1) is 0 Å². The number of hydrogen-bond acceptors (Lipinski definition) is 3. The van der Waals surface area contributed by atoms with Crippen LogP contribution in [0.25, 0.3) is 0 Å². The maximum Gasteiger partial charge on any atom is 0.0765 e. The molecule has 0 radical (unpaired) electrons. The van der Waals surface area contributed by atoms with Gasteiger partial charge < -0.3 is 5.73 Å². The molecular weight excluding hydrogens is 210 g/mol. The van der Waals surface area contributed by atoms with Crippen LogP contribution in [-0.4, -0.2) is 11.5 Å². The number of nitrogens with two attached hydrogens (primary N) is 1.